The number of rotatable bonds is 13. The zero-order chi connectivity index (χ0) is 23.6. The van der Waals surface area contributed by atoms with Crippen LogP contribution in [-0.4, -0.2) is 41.7 Å². The number of H-pyrrole nitrogens is 1. The van der Waals surface area contributed by atoms with Crippen molar-refractivity contribution in [3.63, 3.8) is 0 Å². The maximum absolute atomic E-state index is 13.6. The number of nitrogens with zero attached hydrogens (tertiary/aromatic N) is 3. The molecule has 34 heavy (non-hydrogen) atoms. The first kappa shape index (κ1) is 23.4. The van der Waals surface area contributed by atoms with Crippen LogP contribution in [0.4, 0.5) is 4.39 Å². The molecule has 0 unspecified atom stereocenters. The highest BCUT2D eigenvalue weighted by molar-refractivity contribution is 5.89. The molecule has 0 aliphatic rings. The maximum Gasteiger partial charge on any atom is 0.131 e. The molecule has 2 aromatic carbocycles. The lowest BCUT2D eigenvalue weighted by Crippen LogP contribution is -2.16. The van der Waals surface area contributed by atoms with Crippen LogP contribution in [0.2, 0.25) is 0 Å². The molecule has 0 saturated heterocycles. The highest BCUT2D eigenvalue weighted by Gasteiger charge is 2.10. The minimum atomic E-state index is -0.307. The minimum absolute atomic E-state index is 0.214. The Hall–Kier alpha value is -3.74. The first-order chi connectivity index (χ1) is 16.7. The van der Waals surface area contributed by atoms with Crippen LogP contribution < -0.4 is 10.1 Å². The maximum atomic E-state index is 13.6. The summed E-state index contributed by atoms with van der Waals surface area (Å²) < 4.78 is 30.2. The molecular weight excluding hydrogens is 437 g/mol. The molecular formula is C25H26FN5O3. The largest absolute Gasteiger partial charge is 0.490 e. The van der Waals surface area contributed by atoms with Gasteiger partial charge in [0, 0.05) is 18.7 Å². The summed E-state index contributed by atoms with van der Waals surface area (Å²) >= 11 is 0. The van der Waals surface area contributed by atoms with E-state index in [1.54, 1.807) is 18.7 Å². The predicted molar refractivity (Wildman–Crippen MR) is 125 cm³/mol. The molecule has 8 nitrogen and oxygen atoms in total. The molecule has 4 rings (SSSR count). The van der Waals surface area contributed by atoms with E-state index in [-0.39, 0.29) is 12.2 Å². The molecule has 0 spiro atoms. The van der Waals surface area contributed by atoms with Crippen LogP contribution in [-0.2, 0) is 17.7 Å². The Kier molecular flexibility index (Phi) is 8.22. The molecule has 2 heterocycles. The molecule has 9 heteroatoms. The van der Waals surface area contributed by atoms with E-state index in [1.165, 1.54) is 12.1 Å². The number of aromatic nitrogens is 3. The lowest BCUT2D eigenvalue weighted by Gasteiger charge is -2.10. The van der Waals surface area contributed by atoms with Crippen LogP contribution in [0.15, 0.2) is 53.5 Å². The molecule has 176 valence electrons. The molecule has 4 aromatic rings. The van der Waals surface area contributed by atoms with Crippen molar-refractivity contribution in [3.05, 3.63) is 65.9 Å². The fourth-order valence-electron chi connectivity index (χ4n) is 3.66. The Morgan fingerprint density at radius 1 is 1.03 bits per heavy atom. The summed E-state index contributed by atoms with van der Waals surface area (Å²) in [4.78, 5) is 0. The summed E-state index contributed by atoms with van der Waals surface area (Å²) in [6, 6.07) is 10.7. The van der Waals surface area contributed by atoms with Crippen molar-refractivity contribution in [3.8, 4) is 22.9 Å². The number of unbranched alkanes of at least 4 members (excludes halogenated alkanes) is 1. The van der Waals surface area contributed by atoms with Crippen LogP contribution in [0.1, 0.15) is 24.0 Å². The van der Waals surface area contributed by atoms with Crippen molar-refractivity contribution in [1.29, 1.82) is 5.26 Å². The highest BCUT2D eigenvalue weighted by Crippen LogP contribution is 2.31. The van der Waals surface area contributed by atoms with Crippen LogP contribution in [0.3, 0.4) is 0 Å². The third-order valence-electron chi connectivity index (χ3n) is 5.29. The molecule has 0 bridgehead atoms. The monoisotopic (exact) mass is 463 g/mol. The van der Waals surface area contributed by atoms with E-state index < -0.39 is 0 Å². The van der Waals surface area contributed by atoms with Crippen LogP contribution in [0.5, 0.6) is 5.75 Å². The molecule has 0 atom stereocenters. The summed E-state index contributed by atoms with van der Waals surface area (Å²) in [5.74, 6) is 0.421. The van der Waals surface area contributed by atoms with Gasteiger partial charge in [-0.15, -0.1) is 0 Å². The Bertz CT molecular complexity index is 1230. The number of halogens is 1. The lowest BCUT2D eigenvalue weighted by molar-refractivity contribution is 0.0979. The Morgan fingerprint density at radius 2 is 1.94 bits per heavy atom. The fraction of sp³-hybridized carbons (Fsp3) is 0.320. The van der Waals surface area contributed by atoms with Crippen LogP contribution in [0, 0.1) is 17.1 Å². The number of fused-ring (bicyclic) bond motifs is 1. The second-order valence-electron chi connectivity index (χ2n) is 7.87. The van der Waals surface area contributed by atoms with Gasteiger partial charge in [0.2, 0.25) is 0 Å². The molecule has 0 aliphatic heterocycles. The van der Waals surface area contributed by atoms with Gasteiger partial charge in [-0.1, -0.05) is 11.2 Å². The van der Waals surface area contributed by atoms with Crippen LogP contribution in [0.25, 0.3) is 22.0 Å². The third-order valence-corrected chi connectivity index (χ3v) is 5.29. The first-order valence-electron chi connectivity index (χ1n) is 11.2. The van der Waals surface area contributed by atoms with Gasteiger partial charge in [0.1, 0.15) is 24.4 Å². The summed E-state index contributed by atoms with van der Waals surface area (Å²) in [6.07, 6.45) is 7.05. The summed E-state index contributed by atoms with van der Waals surface area (Å²) in [6.45, 7) is 2.92. The van der Waals surface area contributed by atoms with Gasteiger partial charge < -0.3 is 19.3 Å². The standard InChI is InChI=1S/C25H26FN5O3/c26-22-10-18(3-4-27)9-19(11-22)14-28-5-1-2-6-32-7-8-33-25-13-20(21-15-30-34-17-21)12-24-23(25)16-29-31-24/h9-13,15-17,28H,1-3,5-8,14H2,(H,29,31). The van der Waals surface area contributed by atoms with Gasteiger partial charge in [0.05, 0.1) is 42.4 Å². The number of ether oxygens (including phenoxy) is 2. The van der Waals surface area contributed by atoms with Crippen LogP contribution >= 0.6 is 0 Å². The number of aromatic amines is 1. The second-order valence-corrected chi connectivity index (χ2v) is 7.87. The summed E-state index contributed by atoms with van der Waals surface area (Å²) in [5, 5.41) is 23.8. The van der Waals surface area contributed by atoms with Crippen molar-refractivity contribution >= 4 is 10.9 Å². The Labute approximate surface area is 196 Å². The van der Waals surface area contributed by atoms with E-state index in [0.29, 0.717) is 31.9 Å². The molecule has 0 fully saturated rings. The van der Waals surface area contributed by atoms with E-state index in [2.05, 4.69) is 20.7 Å². The van der Waals surface area contributed by atoms with E-state index in [1.807, 2.05) is 24.3 Å². The predicted octanol–water partition coefficient (Wildman–Crippen LogP) is 4.39. The Morgan fingerprint density at radius 3 is 2.79 bits per heavy atom. The van der Waals surface area contributed by atoms with E-state index in [9.17, 15) is 4.39 Å². The number of nitriles is 1. The van der Waals surface area contributed by atoms with Gasteiger partial charge in [-0.25, -0.2) is 4.39 Å². The van der Waals surface area contributed by atoms with Crippen molar-refractivity contribution in [2.45, 2.75) is 25.8 Å². The fourth-order valence-corrected chi connectivity index (χ4v) is 3.66. The lowest BCUT2D eigenvalue weighted by atomic mass is 10.1. The Balaban J connectivity index is 1.12. The van der Waals surface area contributed by atoms with Crippen molar-refractivity contribution in [2.24, 2.45) is 0 Å². The zero-order valence-electron chi connectivity index (χ0n) is 18.7. The van der Waals surface area contributed by atoms with Gasteiger partial charge in [0.25, 0.3) is 0 Å². The highest BCUT2D eigenvalue weighted by atomic mass is 19.1. The first-order valence-corrected chi connectivity index (χ1v) is 11.2. The summed E-state index contributed by atoms with van der Waals surface area (Å²) in [5.41, 5.74) is 4.22. The normalized spacial score (nSPS) is 11.1. The van der Waals surface area contributed by atoms with Gasteiger partial charge >= 0.3 is 0 Å². The quantitative estimate of drug-likeness (QED) is 0.283. The van der Waals surface area contributed by atoms with E-state index >= 15 is 0 Å². The smallest absolute Gasteiger partial charge is 0.131 e. The van der Waals surface area contributed by atoms with Gasteiger partial charge in [-0.2, -0.15) is 10.4 Å². The minimum Gasteiger partial charge on any atom is -0.490 e. The number of hydrogen-bond donors (Lipinski definition) is 2. The molecule has 0 saturated carbocycles. The molecule has 0 amide bonds. The molecule has 0 radical (unpaired) electrons. The topological polar surface area (TPSA) is 109 Å². The number of benzene rings is 2. The van der Waals surface area contributed by atoms with Crippen molar-refractivity contribution in [1.82, 2.24) is 20.7 Å². The molecule has 2 N–H and O–H groups in total. The molecule has 2 aromatic heterocycles. The average molecular weight is 464 g/mol. The van der Waals surface area contributed by atoms with Gasteiger partial charge in [0.15, 0.2) is 0 Å². The summed E-state index contributed by atoms with van der Waals surface area (Å²) in [7, 11) is 0. The van der Waals surface area contributed by atoms with Gasteiger partial charge in [-0.3, -0.25) is 5.10 Å². The van der Waals surface area contributed by atoms with E-state index in [4.69, 9.17) is 19.3 Å². The zero-order valence-corrected chi connectivity index (χ0v) is 18.7. The van der Waals surface area contributed by atoms with Gasteiger partial charge in [-0.05, 0) is 60.3 Å². The second kappa shape index (κ2) is 11.9. The van der Waals surface area contributed by atoms with Crippen molar-refractivity contribution in [2.75, 3.05) is 26.4 Å². The third kappa shape index (κ3) is 6.41. The SMILES string of the molecule is N#CCc1cc(F)cc(CNCCCCOCCOc2cc(-c3cnoc3)cc3[nH]ncc23)c1. The molecule has 0 aliphatic carbocycles. The average Bonchev–Trinajstić information content (AvgIpc) is 3.52. The number of nitrogens with one attached hydrogen (secondary N) is 2. The van der Waals surface area contributed by atoms with Crippen molar-refractivity contribution < 1.29 is 18.4 Å². The van der Waals surface area contributed by atoms with E-state index in [0.717, 1.165) is 52.7 Å². The number of hydrogen-bond acceptors (Lipinski definition) is 7.